The van der Waals surface area contributed by atoms with E-state index in [9.17, 15) is 10.1 Å². The molecule has 0 spiro atoms. The third kappa shape index (κ3) is 3.68. The van der Waals surface area contributed by atoms with Crippen molar-refractivity contribution in [2.24, 2.45) is 0 Å². The van der Waals surface area contributed by atoms with Crippen molar-refractivity contribution >= 4 is 21.6 Å². The molecule has 1 unspecified atom stereocenters. The zero-order valence-electron chi connectivity index (χ0n) is 12.0. The predicted octanol–water partition coefficient (Wildman–Crippen LogP) is 4.52. The van der Waals surface area contributed by atoms with Gasteiger partial charge in [0.2, 0.25) is 0 Å². The van der Waals surface area contributed by atoms with E-state index in [1.54, 1.807) is 13.0 Å². The Morgan fingerprint density at radius 1 is 1.24 bits per heavy atom. The van der Waals surface area contributed by atoms with Crippen molar-refractivity contribution in [1.29, 1.82) is 0 Å². The van der Waals surface area contributed by atoms with Gasteiger partial charge in [0.25, 0.3) is 5.69 Å². The lowest BCUT2D eigenvalue weighted by Crippen LogP contribution is -2.19. The SMILES string of the molecule is Cc1c(CNC(C)c2ccccc2Br)cccc1[N+](=O)[O-]. The quantitative estimate of drug-likeness (QED) is 0.638. The van der Waals surface area contributed by atoms with Crippen molar-refractivity contribution in [3.05, 3.63) is 73.7 Å². The highest BCUT2D eigenvalue weighted by Crippen LogP contribution is 2.24. The molecule has 5 heteroatoms. The van der Waals surface area contributed by atoms with Crippen LogP contribution in [0.1, 0.15) is 29.7 Å². The normalized spacial score (nSPS) is 12.1. The molecule has 0 heterocycles. The average molecular weight is 349 g/mol. The predicted molar refractivity (Wildman–Crippen MR) is 87.2 cm³/mol. The number of nitro groups is 1. The smallest absolute Gasteiger partial charge is 0.272 e. The van der Waals surface area contributed by atoms with Crippen LogP contribution in [0.4, 0.5) is 5.69 Å². The lowest BCUT2D eigenvalue weighted by Gasteiger charge is -2.16. The van der Waals surface area contributed by atoms with Gasteiger partial charge in [0.05, 0.1) is 4.92 Å². The molecule has 0 fully saturated rings. The van der Waals surface area contributed by atoms with Crippen LogP contribution in [-0.2, 0) is 6.54 Å². The van der Waals surface area contributed by atoms with Gasteiger partial charge in [0.1, 0.15) is 0 Å². The van der Waals surface area contributed by atoms with Gasteiger partial charge >= 0.3 is 0 Å². The molecular weight excluding hydrogens is 332 g/mol. The molecule has 1 atom stereocenters. The van der Waals surface area contributed by atoms with Gasteiger partial charge in [-0.15, -0.1) is 0 Å². The third-order valence-electron chi connectivity index (χ3n) is 3.58. The summed E-state index contributed by atoms with van der Waals surface area (Å²) in [5.41, 5.74) is 3.00. The average Bonchev–Trinajstić information content (AvgIpc) is 2.46. The van der Waals surface area contributed by atoms with Gasteiger partial charge < -0.3 is 5.32 Å². The molecule has 2 aromatic rings. The van der Waals surface area contributed by atoms with Crippen LogP contribution in [0.3, 0.4) is 0 Å². The van der Waals surface area contributed by atoms with Crippen LogP contribution in [0.5, 0.6) is 0 Å². The maximum absolute atomic E-state index is 11.0. The van der Waals surface area contributed by atoms with Crippen LogP contribution in [-0.4, -0.2) is 4.92 Å². The van der Waals surface area contributed by atoms with Crippen LogP contribution in [0.2, 0.25) is 0 Å². The molecule has 0 aliphatic carbocycles. The van der Waals surface area contributed by atoms with E-state index < -0.39 is 0 Å². The lowest BCUT2D eigenvalue weighted by molar-refractivity contribution is -0.385. The first-order valence-corrected chi connectivity index (χ1v) is 7.50. The van der Waals surface area contributed by atoms with E-state index in [0.29, 0.717) is 12.1 Å². The summed E-state index contributed by atoms with van der Waals surface area (Å²) in [6.07, 6.45) is 0. The van der Waals surface area contributed by atoms with Gasteiger partial charge in [-0.3, -0.25) is 10.1 Å². The Bertz CT molecular complexity index is 658. The molecule has 21 heavy (non-hydrogen) atoms. The summed E-state index contributed by atoms with van der Waals surface area (Å²) >= 11 is 3.54. The standard InChI is InChI=1S/C16H17BrN2O2/c1-11-13(6-5-9-16(11)19(20)21)10-18-12(2)14-7-3-4-8-15(14)17/h3-9,12,18H,10H2,1-2H3. The Kier molecular flexibility index (Phi) is 5.09. The highest BCUT2D eigenvalue weighted by atomic mass is 79.9. The van der Waals surface area contributed by atoms with Crippen LogP contribution in [0.25, 0.3) is 0 Å². The van der Waals surface area contributed by atoms with E-state index in [1.807, 2.05) is 24.3 Å². The molecular formula is C16H17BrN2O2. The van der Waals surface area contributed by atoms with Gasteiger partial charge in [-0.25, -0.2) is 0 Å². The number of nitrogens with zero attached hydrogens (tertiary/aromatic N) is 1. The Balaban J connectivity index is 2.12. The molecule has 0 amide bonds. The number of halogens is 1. The zero-order chi connectivity index (χ0) is 15.4. The van der Waals surface area contributed by atoms with Crippen molar-refractivity contribution in [2.45, 2.75) is 26.4 Å². The monoisotopic (exact) mass is 348 g/mol. The lowest BCUT2D eigenvalue weighted by atomic mass is 10.1. The summed E-state index contributed by atoms with van der Waals surface area (Å²) in [4.78, 5) is 10.6. The number of nitrogens with one attached hydrogen (secondary N) is 1. The van der Waals surface area contributed by atoms with E-state index in [0.717, 1.165) is 10.0 Å². The number of hydrogen-bond acceptors (Lipinski definition) is 3. The Morgan fingerprint density at radius 3 is 2.62 bits per heavy atom. The summed E-state index contributed by atoms with van der Waals surface area (Å²) in [7, 11) is 0. The summed E-state index contributed by atoms with van der Waals surface area (Å²) in [6, 6.07) is 13.4. The number of rotatable bonds is 5. The van der Waals surface area contributed by atoms with Crippen LogP contribution in [0, 0.1) is 17.0 Å². The van der Waals surface area contributed by atoms with Gasteiger partial charge in [-0.2, -0.15) is 0 Å². The van der Waals surface area contributed by atoms with Crippen molar-refractivity contribution in [3.63, 3.8) is 0 Å². The number of benzene rings is 2. The Labute approximate surface area is 132 Å². The van der Waals surface area contributed by atoms with Crippen molar-refractivity contribution in [3.8, 4) is 0 Å². The van der Waals surface area contributed by atoms with Crippen LogP contribution < -0.4 is 5.32 Å². The van der Waals surface area contributed by atoms with Gasteiger partial charge in [-0.1, -0.05) is 46.3 Å². The molecule has 0 aliphatic heterocycles. The summed E-state index contributed by atoms with van der Waals surface area (Å²) < 4.78 is 1.06. The first-order valence-electron chi connectivity index (χ1n) is 6.71. The second kappa shape index (κ2) is 6.83. The zero-order valence-corrected chi connectivity index (χ0v) is 13.6. The first-order chi connectivity index (χ1) is 10.0. The molecule has 4 nitrogen and oxygen atoms in total. The fourth-order valence-corrected chi connectivity index (χ4v) is 2.89. The van der Waals surface area contributed by atoms with Gasteiger partial charge in [-0.05, 0) is 31.0 Å². The molecule has 0 aliphatic rings. The first kappa shape index (κ1) is 15.7. The summed E-state index contributed by atoms with van der Waals surface area (Å²) in [5.74, 6) is 0. The van der Waals surface area contributed by atoms with Crippen LogP contribution in [0.15, 0.2) is 46.9 Å². The Hall–Kier alpha value is -1.72. The largest absolute Gasteiger partial charge is 0.306 e. The fourth-order valence-electron chi connectivity index (χ4n) is 2.26. The minimum absolute atomic E-state index is 0.152. The molecule has 1 N–H and O–H groups in total. The van der Waals surface area contributed by atoms with Gasteiger partial charge in [0, 0.05) is 28.7 Å². The highest BCUT2D eigenvalue weighted by molar-refractivity contribution is 9.10. The molecule has 2 aromatic carbocycles. The third-order valence-corrected chi connectivity index (χ3v) is 4.31. The summed E-state index contributed by atoms with van der Waals surface area (Å²) in [6.45, 7) is 4.46. The summed E-state index contributed by atoms with van der Waals surface area (Å²) in [5, 5.41) is 14.4. The van der Waals surface area contributed by atoms with E-state index in [-0.39, 0.29) is 16.7 Å². The van der Waals surface area contributed by atoms with E-state index >= 15 is 0 Å². The van der Waals surface area contributed by atoms with Gasteiger partial charge in [0.15, 0.2) is 0 Å². The number of nitro benzene ring substituents is 1. The fraction of sp³-hybridized carbons (Fsp3) is 0.250. The molecule has 2 rings (SSSR count). The molecule has 110 valence electrons. The van der Waals surface area contributed by atoms with E-state index in [1.165, 1.54) is 11.6 Å². The maximum atomic E-state index is 11.0. The molecule has 0 aromatic heterocycles. The molecule has 0 radical (unpaired) electrons. The second-order valence-electron chi connectivity index (χ2n) is 4.94. The second-order valence-corrected chi connectivity index (χ2v) is 5.80. The highest BCUT2D eigenvalue weighted by Gasteiger charge is 2.14. The molecule has 0 saturated heterocycles. The van der Waals surface area contributed by atoms with Crippen LogP contribution >= 0.6 is 15.9 Å². The minimum Gasteiger partial charge on any atom is -0.306 e. The van der Waals surface area contributed by atoms with Crippen molar-refractivity contribution in [2.75, 3.05) is 0 Å². The maximum Gasteiger partial charge on any atom is 0.272 e. The van der Waals surface area contributed by atoms with E-state index in [4.69, 9.17) is 0 Å². The van der Waals surface area contributed by atoms with Crippen molar-refractivity contribution in [1.82, 2.24) is 5.32 Å². The minimum atomic E-state index is -0.337. The van der Waals surface area contributed by atoms with Crippen molar-refractivity contribution < 1.29 is 4.92 Å². The topological polar surface area (TPSA) is 55.2 Å². The number of hydrogen-bond donors (Lipinski definition) is 1. The Morgan fingerprint density at radius 2 is 1.95 bits per heavy atom. The van der Waals surface area contributed by atoms with E-state index in [2.05, 4.69) is 34.2 Å². The molecule has 0 saturated carbocycles. The molecule has 0 bridgehead atoms.